The Morgan fingerprint density at radius 3 is 2.75 bits per heavy atom. The van der Waals surface area contributed by atoms with E-state index in [1.165, 1.54) is 12.3 Å². The number of aromatic nitrogens is 1. The van der Waals surface area contributed by atoms with Crippen molar-refractivity contribution in [2.24, 2.45) is 0 Å². The van der Waals surface area contributed by atoms with Crippen molar-refractivity contribution in [3.05, 3.63) is 47.6 Å². The molecule has 1 heterocycles. The number of rotatable bonds is 5. The van der Waals surface area contributed by atoms with Crippen molar-refractivity contribution < 1.29 is 8.42 Å². The SMILES string of the molecule is CCNc1cccnc1S(=O)(=O)Nc1cccc(Cl)c1. The van der Waals surface area contributed by atoms with Crippen molar-refractivity contribution in [2.75, 3.05) is 16.6 Å². The van der Waals surface area contributed by atoms with Crippen LogP contribution in [0.15, 0.2) is 47.6 Å². The van der Waals surface area contributed by atoms with Crippen LogP contribution in [0.4, 0.5) is 11.4 Å². The molecule has 1 aromatic heterocycles. The van der Waals surface area contributed by atoms with Gasteiger partial charge in [0.2, 0.25) is 0 Å². The van der Waals surface area contributed by atoms with E-state index in [1.54, 1.807) is 30.3 Å². The maximum atomic E-state index is 12.4. The summed E-state index contributed by atoms with van der Waals surface area (Å²) in [5.41, 5.74) is 0.857. The van der Waals surface area contributed by atoms with Gasteiger partial charge in [0.15, 0.2) is 5.03 Å². The first-order valence-corrected chi connectivity index (χ1v) is 7.86. The van der Waals surface area contributed by atoms with Crippen LogP contribution in [0.5, 0.6) is 0 Å². The average molecular weight is 312 g/mol. The fraction of sp³-hybridized carbons (Fsp3) is 0.154. The van der Waals surface area contributed by atoms with Crippen molar-refractivity contribution in [1.29, 1.82) is 0 Å². The highest BCUT2D eigenvalue weighted by Crippen LogP contribution is 2.22. The molecule has 20 heavy (non-hydrogen) atoms. The molecule has 1 aromatic carbocycles. The van der Waals surface area contributed by atoms with E-state index in [-0.39, 0.29) is 5.03 Å². The second-order valence-corrected chi connectivity index (χ2v) is 6.04. The predicted molar refractivity (Wildman–Crippen MR) is 80.7 cm³/mol. The van der Waals surface area contributed by atoms with E-state index < -0.39 is 10.0 Å². The molecule has 0 amide bonds. The van der Waals surface area contributed by atoms with Crippen LogP contribution in [0, 0.1) is 0 Å². The summed E-state index contributed by atoms with van der Waals surface area (Å²) in [6.07, 6.45) is 1.44. The van der Waals surface area contributed by atoms with Gasteiger partial charge in [0.1, 0.15) is 0 Å². The van der Waals surface area contributed by atoms with Crippen LogP contribution in [-0.4, -0.2) is 19.9 Å². The normalized spacial score (nSPS) is 11.1. The first kappa shape index (κ1) is 14.6. The molecule has 0 fully saturated rings. The largest absolute Gasteiger partial charge is 0.383 e. The number of pyridine rings is 1. The van der Waals surface area contributed by atoms with E-state index in [0.717, 1.165) is 0 Å². The molecular weight excluding hydrogens is 298 g/mol. The van der Waals surface area contributed by atoms with Gasteiger partial charge in [-0.3, -0.25) is 4.72 Å². The number of anilines is 2. The molecule has 106 valence electrons. The van der Waals surface area contributed by atoms with Crippen LogP contribution in [-0.2, 0) is 10.0 Å². The Labute approximate surface area is 123 Å². The average Bonchev–Trinajstić information content (AvgIpc) is 2.39. The van der Waals surface area contributed by atoms with Gasteiger partial charge in [0.25, 0.3) is 10.0 Å². The maximum Gasteiger partial charge on any atom is 0.281 e. The molecule has 0 bridgehead atoms. The zero-order chi connectivity index (χ0) is 14.6. The topological polar surface area (TPSA) is 71.1 Å². The lowest BCUT2D eigenvalue weighted by Crippen LogP contribution is -2.17. The van der Waals surface area contributed by atoms with Gasteiger partial charge < -0.3 is 5.32 Å². The molecule has 0 saturated carbocycles. The third-order valence-electron chi connectivity index (χ3n) is 2.47. The zero-order valence-electron chi connectivity index (χ0n) is 10.8. The van der Waals surface area contributed by atoms with E-state index in [0.29, 0.717) is 22.9 Å². The fourth-order valence-corrected chi connectivity index (χ4v) is 3.04. The van der Waals surface area contributed by atoms with Gasteiger partial charge in [-0.1, -0.05) is 17.7 Å². The Balaban J connectivity index is 2.36. The van der Waals surface area contributed by atoms with Crippen molar-refractivity contribution in [1.82, 2.24) is 4.98 Å². The first-order chi connectivity index (χ1) is 9.53. The standard InChI is InChI=1S/C13H14ClN3O2S/c1-2-15-12-7-4-8-16-13(12)20(18,19)17-11-6-3-5-10(14)9-11/h3-9,15,17H,2H2,1H3. The summed E-state index contributed by atoms with van der Waals surface area (Å²) < 4.78 is 27.2. The van der Waals surface area contributed by atoms with Gasteiger partial charge in [-0.25, -0.2) is 4.98 Å². The molecule has 2 N–H and O–H groups in total. The number of nitrogens with zero attached hydrogens (tertiary/aromatic N) is 1. The Morgan fingerprint density at radius 2 is 2.05 bits per heavy atom. The van der Waals surface area contributed by atoms with E-state index in [1.807, 2.05) is 6.92 Å². The van der Waals surface area contributed by atoms with Gasteiger partial charge in [0, 0.05) is 17.8 Å². The summed E-state index contributed by atoms with van der Waals surface area (Å²) in [6.45, 7) is 2.49. The van der Waals surface area contributed by atoms with Crippen molar-refractivity contribution >= 4 is 33.0 Å². The molecule has 0 spiro atoms. The van der Waals surface area contributed by atoms with Gasteiger partial charge in [0.05, 0.1) is 11.4 Å². The van der Waals surface area contributed by atoms with Gasteiger partial charge in [-0.05, 0) is 37.3 Å². The summed E-state index contributed by atoms with van der Waals surface area (Å²) in [7, 11) is -3.77. The molecule has 0 radical (unpaired) electrons. The van der Waals surface area contributed by atoms with Crippen LogP contribution >= 0.6 is 11.6 Å². The van der Waals surface area contributed by atoms with E-state index >= 15 is 0 Å². The predicted octanol–water partition coefficient (Wildman–Crippen LogP) is 2.97. The van der Waals surface area contributed by atoms with Gasteiger partial charge >= 0.3 is 0 Å². The Kier molecular flexibility index (Phi) is 4.46. The van der Waals surface area contributed by atoms with Crippen LogP contribution < -0.4 is 10.0 Å². The van der Waals surface area contributed by atoms with Gasteiger partial charge in [-0.2, -0.15) is 8.42 Å². The molecule has 0 aliphatic heterocycles. The van der Waals surface area contributed by atoms with E-state index in [4.69, 9.17) is 11.6 Å². The van der Waals surface area contributed by atoms with Crippen LogP contribution in [0.1, 0.15) is 6.92 Å². The Hall–Kier alpha value is -1.79. The lowest BCUT2D eigenvalue weighted by molar-refractivity contribution is 0.598. The molecule has 2 rings (SSSR count). The van der Waals surface area contributed by atoms with Crippen LogP contribution in [0.2, 0.25) is 5.02 Å². The second-order valence-electron chi connectivity index (χ2n) is 4.00. The molecular formula is C13H14ClN3O2S. The number of sulfonamides is 1. The quantitative estimate of drug-likeness (QED) is 0.890. The first-order valence-electron chi connectivity index (χ1n) is 6.00. The minimum atomic E-state index is -3.77. The summed E-state index contributed by atoms with van der Waals surface area (Å²) in [5, 5.41) is 3.39. The monoisotopic (exact) mass is 311 g/mol. The van der Waals surface area contributed by atoms with Crippen molar-refractivity contribution in [3.63, 3.8) is 0 Å². The fourth-order valence-electron chi connectivity index (χ4n) is 1.69. The van der Waals surface area contributed by atoms with Crippen molar-refractivity contribution in [2.45, 2.75) is 11.9 Å². The molecule has 2 aromatic rings. The molecule has 0 atom stereocenters. The van der Waals surface area contributed by atoms with E-state index in [9.17, 15) is 8.42 Å². The molecule has 0 aliphatic carbocycles. The number of hydrogen-bond donors (Lipinski definition) is 2. The lowest BCUT2D eigenvalue weighted by Gasteiger charge is -2.11. The number of nitrogens with one attached hydrogen (secondary N) is 2. The van der Waals surface area contributed by atoms with E-state index in [2.05, 4.69) is 15.0 Å². The maximum absolute atomic E-state index is 12.4. The van der Waals surface area contributed by atoms with Crippen LogP contribution in [0.25, 0.3) is 0 Å². The highest BCUT2D eigenvalue weighted by molar-refractivity contribution is 7.92. The van der Waals surface area contributed by atoms with Crippen LogP contribution in [0.3, 0.4) is 0 Å². The third kappa shape index (κ3) is 3.40. The Bertz CT molecular complexity index is 704. The molecule has 0 saturated heterocycles. The summed E-state index contributed by atoms with van der Waals surface area (Å²) in [5.74, 6) is 0. The number of benzene rings is 1. The number of hydrogen-bond acceptors (Lipinski definition) is 4. The highest BCUT2D eigenvalue weighted by Gasteiger charge is 2.20. The summed E-state index contributed by atoms with van der Waals surface area (Å²) >= 11 is 5.84. The molecule has 5 nitrogen and oxygen atoms in total. The Morgan fingerprint density at radius 1 is 1.25 bits per heavy atom. The molecule has 0 aliphatic rings. The molecule has 7 heteroatoms. The zero-order valence-corrected chi connectivity index (χ0v) is 12.4. The summed E-state index contributed by atoms with van der Waals surface area (Å²) in [6, 6.07) is 9.85. The minimum Gasteiger partial charge on any atom is -0.383 e. The smallest absolute Gasteiger partial charge is 0.281 e. The minimum absolute atomic E-state index is 0.0400. The number of halogens is 1. The van der Waals surface area contributed by atoms with Crippen molar-refractivity contribution in [3.8, 4) is 0 Å². The molecule has 0 unspecified atom stereocenters. The third-order valence-corrected chi connectivity index (χ3v) is 4.04. The lowest BCUT2D eigenvalue weighted by atomic mass is 10.3. The van der Waals surface area contributed by atoms with Gasteiger partial charge in [-0.15, -0.1) is 0 Å². The second kappa shape index (κ2) is 6.11. The highest BCUT2D eigenvalue weighted by atomic mass is 35.5. The summed E-state index contributed by atoms with van der Waals surface area (Å²) in [4.78, 5) is 3.94.